The summed E-state index contributed by atoms with van der Waals surface area (Å²) in [5.41, 5.74) is 8.68. The molecule has 1 fully saturated rings. The van der Waals surface area contributed by atoms with E-state index in [1.54, 1.807) is 30.9 Å². The number of imidazole rings is 1. The molecule has 0 saturated carbocycles. The number of hydrogen-bond acceptors (Lipinski definition) is 7. The molecule has 0 bridgehead atoms. The largest absolute Gasteiger partial charge is 0.358 e. The third-order valence-corrected chi connectivity index (χ3v) is 8.45. The number of anilines is 1. The highest BCUT2D eigenvalue weighted by molar-refractivity contribution is 5.97. The summed E-state index contributed by atoms with van der Waals surface area (Å²) < 4.78 is 14.9. The minimum atomic E-state index is -0.264. The number of benzene rings is 1. The van der Waals surface area contributed by atoms with E-state index in [9.17, 15) is 4.39 Å². The number of aromatic nitrogens is 7. The molecule has 46 heavy (non-hydrogen) atoms. The van der Waals surface area contributed by atoms with Crippen LogP contribution in [0.5, 0.6) is 0 Å². The number of fused-ring (bicyclic) bond motifs is 2. The van der Waals surface area contributed by atoms with Gasteiger partial charge in [0, 0.05) is 34.6 Å². The number of pyridine rings is 3. The van der Waals surface area contributed by atoms with Crippen LogP contribution in [0.3, 0.4) is 0 Å². The highest BCUT2D eigenvalue weighted by Crippen LogP contribution is 2.33. The minimum absolute atomic E-state index is 0.264. The van der Waals surface area contributed by atoms with Crippen LogP contribution >= 0.6 is 0 Å². The van der Waals surface area contributed by atoms with Crippen LogP contribution < -0.4 is 5.32 Å². The molecule has 1 saturated heterocycles. The van der Waals surface area contributed by atoms with Gasteiger partial charge in [-0.3, -0.25) is 20.1 Å². The number of hydrogen-bond donors (Lipinski definition) is 3. The van der Waals surface area contributed by atoms with E-state index in [1.807, 2.05) is 24.3 Å². The quantitative estimate of drug-likeness (QED) is 0.137. The second-order valence-corrected chi connectivity index (χ2v) is 12.6. The van der Waals surface area contributed by atoms with Gasteiger partial charge in [-0.25, -0.2) is 9.37 Å². The van der Waals surface area contributed by atoms with Crippen LogP contribution in [0.2, 0.25) is 0 Å². The van der Waals surface area contributed by atoms with Crippen LogP contribution in [0.25, 0.3) is 56.0 Å². The van der Waals surface area contributed by atoms with Crippen molar-refractivity contribution < 1.29 is 4.39 Å². The van der Waals surface area contributed by atoms with Crippen molar-refractivity contribution in [2.24, 2.45) is 5.92 Å². The number of halogens is 1. The van der Waals surface area contributed by atoms with Crippen molar-refractivity contribution in [3.63, 3.8) is 0 Å². The van der Waals surface area contributed by atoms with Gasteiger partial charge in [-0.15, -0.1) is 0 Å². The van der Waals surface area contributed by atoms with Gasteiger partial charge in [0.15, 0.2) is 5.82 Å². The summed E-state index contributed by atoms with van der Waals surface area (Å²) in [4.78, 5) is 24.6. The molecule has 234 valence electrons. The molecule has 6 aromatic rings. The van der Waals surface area contributed by atoms with Gasteiger partial charge in [-0.1, -0.05) is 20.4 Å². The minimum Gasteiger partial charge on any atom is -0.358 e. The number of aryl methyl sites for hydroxylation is 1. The molecule has 3 N–H and O–H groups in total. The van der Waals surface area contributed by atoms with E-state index in [1.165, 1.54) is 32.0 Å². The first-order valence-electron chi connectivity index (χ1n) is 16.0. The molecular formula is C36H38FN9. The SMILES string of the molecule is C=C(CC(C)C)Nc1cncc(-c2cc3c(-c4nc5c(-c6cc(F)cc(CCCN7CCCC7)c6)nccc5[nH]4)n[nH]c3cn2)c1. The van der Waals surface area contributed by atoms with Crippen molar-refractivity contribution in [1.82, 2.24) is 40.0 Å². The maximum Gasteiger partial charge on any atom is 0.159 e. The smallest absolute Gasteiger partial charge is 0.159 e. The molecule has 0 radical (unpaired) electrons. The van der Waals surface area contributed by atoms with Gasteiger partial charge in [-0.2, -0.15) is 5.10 Å². The Bertz CT molecular complexity index is 2020. The van der Waals surface area contributed by atoms with Crippen molar-refractivity contribution in [3.05, 3.63) is 84.8 Å². The number of rotatable bonds is 11. The normalized spacial score (nSPS) is 13.7. The van der Waals surface area contributed by atoms with E-state index in [0.29, 0.717) is 28.6 Å². The predicted octanol–water partition coefficient (Wildman–Crippen LogP) is 7.76. The molecule has 0 spiro atoms. The molecule has 0 amide bonds. The summed E-state index contributed by atoms with van der Waals surface area (Å²) in [7, 11) is 0. The lowest BCUT2D eigenvalue weighted by Gasteiger charge is -2.14. The summed E-state index contributed by atoms with van der Waals surface area (Å²) in [6.07, 6.45) is 12.3. The van der Waals surface area contributed by atoms with E-state index in [4.69, 9.17) is 4.98 Å². The van der Waals surface area contributed by atoms with Gasteiger partial charge in [0.05, 0.1) is 40.5 Å². The van der Waals surface area contributed by atoms with Gasteiger partial charge in [0.2, 0.25) is 0 Å². The highest BCUT2D eigenvalue weighted by Gasteiger charge is 2.18. The van der Waals surface area contributed by atoms with Crippen LogP contribution in [0.4, 0.5) is 10.1 Å². The Labute approximate surface area is 267 Å². The molecule has 6 heterocycles. The average Bonchev–Trinajstić information content (AvgIpc) is 3.80. The topological polar surface area (TPSA) is 111 Å². The molecule has 5 aromatic heterocycles. The molecule has 1 aliphatic rings. The van der Waals surface area contributed by atoms with Crippen LogP contribution in [0.15, 0.2) is 73.5 Å². The predicted molar refractivity (Wildman–Crippen MR) is 182 cm³/mol. The molecule has 0 atom stereocenters. The van der Waals surface area contributed by atoms with Gasteiger partial charge < -0.3 is 15.2 Å². The number of allylic oxidation sites excluding steroid dienone is 1. The van der Waals surface area contributed by atoms with E-state index in [2.05, 4.69) is 60.8 Å². The van der Waals surface area contributed by atoms with E-state index in [-0.39, 0.29) is 5.82 Å². The maximum absolute atomic E-state index is 14.9. The van der Waals surface area contributed by atoms with Gasteiger partial charge in [0.25, 0.3) is 0 Å². The zero-order valence-corrected chi connectivity index (χ0v) is 26.3. The van der Waals surface area contributed by atoms with Crippen molar-refractivity contribution >= 4 is 27.6 Å². The second kappa shape index (κ2) is 12.8. The lowest BCUT2D eigenvalue weighted by Crippen LogP contribution is -2.20. The van der Waals surface area contributed by atoms with E-state index < -0.39 is 0 Å². The second-order valence-electron chi connectivity index (χ2n) is 12.6. The summed E-state index contributed by atoms with van der Waals surface area (Å²) in [6, 6.07) is 11.1. The van der Waals surface area contributed by atoms with Crippen LogP contribution in [0.1, 0.15) is 45.1 Å². The standard InChI is InChI=1S/C36H38FN9/c1-22(2)13-23(3)41-28-17-26(19-38-20-28)31-18-29-32(21-40-31)44-45-34(29)36-42-30-8-9-39-33(35(30)43-36)25-14-24(15-27(37)16-25)7-6-12-46-10-4-5-11-46/h8-9,14-22,41H,3-7,10-13H2,1-2H3,(H,42,43)(H,44,45). The number of likely N-dealkylation sites (tertiary alicyclic amines) is 1. The fraction of sp³-hybridized carbons (Fsp3) is 0.306. The molecule has 0 unspecified atom stereocenters. The first-order valence-corrected chi connectivity index (χ1v) is 16.0. The van der Waals surface area contributed by atoms with Crippen molar-refractivity contribution in [3.8, 4) is 34.0 Å². The number of aromatic amines is 2. The van der Waals surface area contributed by atoms with Crippen molar-refractivity contribution in [2.75, 3.05) is 25.0 Å². The number of H-pyrrole nitrogens is 2. The summed E-state index contributed by atoms with van der Waals surface area (Å²) >= 11 is 0. The number of nitrogens with one attached hydrogen (secondary N) is 3. The van der Waals surface area contributed by atoms with Crippen molar-refractivity contribution in [2.45, 2.75) is 46.0 Å². The summed E-state index contributed by atoms with van der Waals surface area (Å²) in [6.45, 7) is 11.9. The lowest BCUT2D eigenvalue weighted by molar-refractivity contribution is 0.334. The Kier molecular flexibility index (Phi) is 8.28. The van der Waals surface area contributed by atoms with Gasteiger partial charge in [-0.05, 0) is 99.6 Å². The van der Waals surface area contributed by atoms with Crippen LogP contribution in [-0.2, 0) is 6.42 Å². The van der Waals surface area contributed by atoms with Crippen LogP contribution in [-0.4, -0.2) is 59.7 Å². The average molecular weight is 616 g/mol. The molecular weight excluding hydrogens is 577 g/mol. The lowest BCUT2D eigenvalue weighted by atomic mass is 10.0. The summed E-state index contributed by atoms with van der Waals surface area (Å²) in [5, 5.41) is 11.9. The van der Waals surface area contributed by atoms with Crippen molar-refractivity contribution in [1.29, 1.82) is 0 Å². The highest BCUT2D eigenvalue weighted by atomic mass is 19.1. The molecule has 1 aromatic carbocycles. The van der Waals surface area contributed by atoms with Gasteiger partial charge >= 0.3 is 0 Å². The Morgan fingerprint density at radius 2 is 1.87 bits per heavy atom. The third kappa shape index (κ3) is 6.39. The third-order valence-electron chi connectivity index (χ3n) is 8.45. The first-order chi connectivity index (χ1) is 22.4. The zero-order chi connectivity index (χ0) is 31.6. The van der Waals surface area contributed by atoms with Crippen LogP contribution in [0, 0.1) is 11.7 Å². The molecule has 9 nitrogen and oxygen atoms in total. The first kappa shape index (κ1) is 29.7. The fourth-order valence-electron chi connectivity index (χ4n) is 6.35. The Morgan fingerprint density at radius 3 is 2.72 bits per heavy atom. The molecule has 10 heteroatoms. The zero-order valence-electron chi connectivity index (χ0n) is 26.3. The number of nitrogens with zero attached hydrogens (tertiary/aromatic N) is 6. The fourth-order valence-corrected chi connectivity index (χ4v) is 6.35. The summed E-state index contributed by atoms with van der Waals surface area (Å²) in [5.74, 6) is 0.832. The van der Waals surface area contributed by atoms with E-state index >= 15 is 0 Å². The Hall–Kier alpha value is -4.96. The molecule has 0 aliphatic carbocycles. The van der Waals surface area contributed by atoms with Gasteiger partial charge in [0.1, 0.15) is 17.0 Å². The Balaban J connectivity index is 1.18. The Morgan fingerprint density at radius 1 is 1.00 bits per heavy atom. The molecule has 1 aliphatic heterocycles. The monoisotopic (exact) mass is 615 g/mol. The van der Waals surface area contributed by atoms with E-state index in [0.717, 1.165) is 76.0 Å². The maximum atomic E-state index is 14.9. The molecule has 7 rings (SSSR count).